The zero-order valence-electron chi connectivity index (χ0n) is 10.8. The first-order valence-electron chi connectivity index (χ1n) is 6.16. The first-order valence-corrected chi connectivity index (χ1v) is 6.16. The minimum atomic E-state index is -0.752. The lowest BCUT2D eigenvalue weighted by atomic mass is 10.3. The van der Waals surface area contributed by atoms with Gasteiger partial charge in [0.15, 0.2) is 0 Å². The van der Waals surface area contributed by atoms with Crippen LogP contribution in [-0.4, -0.2) is 43.1 Å². The average Bonchev–Trinajstić information content (AvgIpc) is 2.42. The molecule has 0 saturated carbocycles. The maximum atomic E-state index is 13.3. The Morgan fingerprint density at radius 1 is 1.35 bits per heavy atom. The van der Waals surface area contributed by atoms with E-state index in [0.29, 0.717) is 19.7 Å². The fourth-order valence-electron chi connectivity index (χ4n) is 1.74. The third kappa shape index (κ3) is 4.29. The van der Waals surface area contributed by atoms with E-state index in [2.05, 4.69) is 10.6 Å². The van der Waals surface area contributed by atoms with Gasteiger partial charge in [0.2, 0.25) is 5.91 Å². The predicted molar refractivity (Wildman–Crippen MR) is 70.3 cm³/mol. The summed E-state index contributed by atoms with van der Waals surface area (Å²) in [6.07, 6.45) is 0. The van der Waals surface area contributed by atoms with Gasteiger partial charge < -0.3 is 10.1 Å². The summed E-state index contributed by atoms with van der Waals surface area (Å²) in [5, 5.41) is 4.43. The van der Waals surface area contributed by atoms with Crippen LogP contribution in [0.5, 0.6) is 0 Å². The van der Waals surface area contributed by atoms with Crippen LogP contribution in [0, 0.1) is 12.4 Å². The summed E-state index contributed by atoms with van der Waals surface area (Å²) in [6, 6.07) is 4.98. The summed E-state index contributed by atoms with van der Waals surface area (Å²) in [7, 11) is 0. The van der Waals surface area contributed by atoms with Crippen molar-refractivity contribution in [3.8, 4) is 0 Å². The number of ether oxygens (including phenoxy) is 1. The van der Waals surface area contributed by atoms with Crippen LogP contribution in [0.3, 0.4) is 0 Å². The maximum absolute atomic E-state index is 13.3. The number of hydrogen-bond donors (Lipinski definition) is 2. The highest BCUT2D eigenvalue weighted by Gasteiger charge is 2.16. The maximum Gasteiger partial charge on any atom is 0.326 e. The number of hydrogen-bond acceptors (Lipinski definition) is 4. The molecule has 0 spiro atoms. The van der Waals surface area contributed by atoms with Crippen molar-refractivity contribution < 1.29 is 18.7 Å². The number of nitrogens with one attached hydrogen (secondary N) is 2. The average molecular weight is 280 g/mol. The number of rotatable bonds is 3. The van der Waals surface area contributed by atoms with Gasteiger partial charge in [-0.15, -0.1) is 0 Å². The van der Waals surface area contributed by atoms with E-state index >= 15 is 0 Å². The highest BCUT2D eigenvalue weighted by molar-refractivity contribution is 6.01. The van der Waals surface area contributed by atoms with Gasteiger partial charge in [-0.05, 0) is 12.1 Å². The number of para-hydroxylation sites is 1. The van der Waals surface area contributed by atoms with Gasteiger partial charge in [0.25, 0.3) is 0 Å². The Balaban J connectivity index is 1.79. The second-order valence-electron chi connectivity index (χ2n) is 4.25. The number of morpholine rings is 1. The smallest absolute Gasteiger partial charge is 0.326 e. The van der Waals surface area contributed by atoms with E-state index < -0.39 is 17.8 Å². The SMILES string of the molecule is O=C(CN1C[CH]OCC1)NC(=O)Nc1ccccc1F. The van der Waals surface area contributed by atoms with E-state index in [1.807, 2.05) is 4.90 Å². The van der Waals surface area contributed by atoms with Crippen molar-refractivity contribution in [1.29, 1.82) is 0 Å². The van der Waals surface area contributed by atoms with Gasteiger partial charge in [-0.1, -0.05) is 12.1 Å². The van der Waals surface area contributed by atoms with Gasteiger partial charge in [-0.3, -0.25) is 15.0 Å². The zero-order valence-corrected chi connectivity index (χ0v) is 10.8. The molecule has 6 nitrogen and oxygen atoms in total. The number of urea groups is 1. The fourth-order valence-corrected chi connectivity index (χ4v) is 1.74. The van der Waals surface area contributed by atoms with Crippen molar-refractivity contribution in [2.75, 3.05) is 31.6 Å². The largest absolute Gasteiger partial charge is 0.373 e. The lowest BCUT2D eigenvalue weighted by molar-refractivity contribution is -0.121. The van der Waals surface area contributed by atoms with Gasteiger partial charge in [0.05, 0.1) is 25.4 Å². The molecule has 1 fully saturated rings. The number of nitrogens with zero attached hydrogens (tertiary/aromatic N) is 1. The van der Waals surface area contributed by atoms with Crippen molar-refractivity contribution in [2.45, 2.75) is 0 Å². The van der Waals surface area contributed by atoms with Gasteiger partial charge >= 0.3 is 6.03 Å². The number of imide groups is 1. The van der Waals surface area contributed by atoms with Crippen LogP contribution in [0.2, 0.25) is 0 Å². The molecule has 1 aromatic rings. The number of amides is 3. The highest BCUT2D eigenvalue weighted by Crippen LogP contribution is 2.11. The number of carbonyl (C=O) groups excluding carboxylic acids is 2. The topological polar surface area (TPSA) is 70.7 Å². The summed E-state index contributed by atoms with van der Waals surface area (Å²) < 4.78 is 18.3. The molecule has 1 aromatic carbocycles. The predicted octanol–water partition coefficient (Wildman–Crippen LogP) is 0.968. The molecule has 0 aromatic heterocycles. The first kappa shape index (κ1) is 14.4. The van der Waals surface area contributed by atoms with E-state index in [9.17, 15) is 14.0 Å². The van der Waals surface area contributed by atoms with Gasteiger partial charge in [-0.2, -0.15) is 0 Å². The zero-order chi connectivity index (χ0) is 14.4. The molecular weight excluding hydrogens is 265 g/mol. The molecule has 3 amide bonds. The van der Waals surface area contributed by atoms with Crippen LogP contribution in [0.4, 0.5) is 14.9 Å². The normalized spacial score (nSPS) is 15.7. The first-order chi connectivity index (χ1) is 9.65. The molecule has 0 aliphatic carbocycles. The Labute approximate surface area is 115 Å². The molecule has 107 valence electrons. The molecule has 0 atom stereocenters. The van der Waals surface area contributed by atoms with Crippen molar-refractivity contribution >= 4 is 17.6 Å². The Morgan fingerprint density at radius 3 is 2.85 bits per heavy atom. The second kappa shape index (κ2) is 6.97. The third-order valence-electron chi connectivity index (χ3n) is 2.72. The molecule has 2 N–H and O–H groups in total. The Hall–Kier alpha value is -1.99. The summed E-state index contributed by atoms with van der Waals surface area (Å²) >= 11 is 0. The molecular formula is C13H15FN3O3. The van der Waals surface area contributed by atoms with E-state index in [0.717, 1.165) is 0 Å². The standard InChI is InChI=1S/C13H15FN3O3/c14-10-3-1-2-4-11(10)15-13(19)16-12(18)9-17-5-7-20-8-6-17/h1-4,7H,5-6,8-9H2,(H2,15,16,18,19). The van der Waals surface area contributed by atoms with Crippen LogP contribution < -0.4 is 10.6 Å². The van der Waals surface area contributed by atoms with Crippen molar-refractivity contribution in [2.24, 2.45) is 0 Å². The van der Waals surface area contributed by atoms with Crippen LogP contribution in [-0.2, 0) is 9.53 Å². The molecule has 0 unspecified atom stereocenters. The van der Waals surface area contributed by atoms with E-state index in [1.54, 1.807) is 12.7 Å². The minimum Gasteiger partial charge on any atom is -0.373 e. The Morgan fingerprint density at radius 2 is 2.15 bits per heavy atom. The molecule has 1 aliphatic heterocycles. The number of carbonyl (C=O) groups is 2. The number of halogens is 1. The molecule has 0 bridgehead atoms. The summed E-state index contributed by atoms with van der Waals surface area (Å²) in [5.41, 5.74) is 0.0255. The van der Waals surface area contributed by atoms with Crippen molar-refractivity contribution in [3.63, 3.8) is 0 Å². The highest BCUT2D eigenvalue weighted by atomic mass is 19.1. The van der Waals surface area contributed by atoms with Gasteiger partial charge in [0, 0.05) is 13.1 Å². The summed E-state index contributed by atoms with van der Waals surface area (Å²) in [4.78, 5) is 25.0. The summed E-state index contributed by atoms with van der Waals surface area (Å²) in [5.74, 6) is -1.01. The lowest BCUT2D eigenvalue weighted by Gasteiger charge is -2.25. The molecule has 1 heterocycles. The monoisotopic (exact) mass is 280 g/mol. The third-order valence-corrected chi connectivity index (χ3v) is 2.72. The second-order valence-corrected chi connectivity index (χ2v) is 4.25. The van der Waals surface area contributed by atoms with Crippen LogP contribution in [0.15, 0.2) is 24.3 Å². The van der Waals surface area contributed by atoms with Crippen LogP contribution in [0.25, 0.3) is 0 Å². The molecule has 7 heteroatoms. The quantitative estimate of drug-likeness (QED) is 0.865. The van der Waals surface area contributed by atoms with Crippen LogP contribution in [0.1, 0.15) is 0 Å². The minimum absolute atomic E-state index is 0.0255. The van der Waals surface area contributed by atoms with Crippen molar-refractivity contribution in [1.82, 2.24) is 10.2 Å². The molecule has 2 rings (SSSR count). The number of benzene rings is 1. The van der Waals surface area contributed by atoms with E-state index in [-0.39, 0.29) is 12.2 Å². The van der Waals surface area contributed by atoms with E-state index in [1.165, 1.54) is 18.2 Å². The molecule has 1 saturated heterocycles. The summed E-state index contributed by atoms with van der Waals surface area (Å²) in [6.45, 7) is 3.37. The van der Waals surface area contributed by atoms with Crippen LogP contribution >= 0.6 is 0 Å². The van der Waals surface area contributed by atoms with Gasteiger partial charge in [-0.25, -0.2) is 9.18 Å². The van der Waals surface area contributed by atoms with E-state index in [4.69, 9.17) is 4.74 Å². The molecule has 1 radical (unpaired) electrons. The van der Waals surface area contributed by atoms with Gasteiger partial charge in [0.1, 0.15) is 5.82 Å². The van der Waals surface area contributed by atoms with Crippen molar-refractivity contribution in [3.05, 3.63) is 36.7 Å². The fraction of sp³-hybridized carbons (Fsp3) is 0.308. The molecule has 20 heavy (non-hydrogen) atoms. The molecule has 1 aliphatic rings. The Bertz CT molecular complexity index is 490. The Kier molecular flexibility index (Phi) is 5.03. The lowest BCUT2D eigenvalue weighted by Crippen LogP contribution is -2.44. The number of anilines is 1.